The van der Waals surface area contributed by atoms with E-state index in [0.717, 1.165) is 36.3 Å². The van der Waals surface area contributed by atoms with E-state index in [2.05, 4.69) is 0 Å². The van der Waals surface area contributed by atoms with Gasteiger partial charge in [-0.25, -0.2) is 8.42 Å². The fourth-order valence-electron chi connectivity index (χ4n) is 4.23. The summed E-state index contributed by atoms with van der Waals surface area (Å²) in [5.74, 6) is 0.866. The minimum Gasteiger partial charge on any atom is -0.494 e. The molecule has 0 N–H and O–H groups in total. The van der Waals surface area contributed by atoms with Crippen LogP contribution in [-0.4, -0.2) is 44.9 Å². The van der Waals surface area contributed by atoms with Gasteiger partial charge in [0.1, 0.15) is 5.75 Å². The standard InChI is InChI=1S/C24H30N2O4S/c1-19-7-9-21(10-8-19)30-17-5-6-24(27)26-16-13-20-18-22(11-12-23(20)26)31(28,29)25-14-3-2-4-15-25/h7-12,18H,2-6,13-17H2,1H3. The molecule has 2 heterocycles. The van der Waals surface area contributed by atoms with Crippen LogP contribution in [0.5, 0.6) is 5.75 Å². The molecular weight excluding hydrogens is 412 g/mol. The first-order valence-corrected chi connectivity index (χ1v) is 12.5. The van der Waals surface area contributed by atoms with Crippen molar-refractivity contribution in [3.05, 3.63) is 53.6 Å². The molecule has 7 heteroatoms. The molecule has 0 atom stereocenters. The number of hydrogen-bond donors (Lipinski definition) is 0. The average Bonchev–Trinajstić information content (AvgIpc) is 3.22. The van der Waals surface area contributed by atoms with E-state index in [9.17, 15) is 13.2 Å². The van der Waals surface area contributed by atoms with Gasteiger partial charge in [0.25, 0.3) is 0 Å². The van der Waals surface area contributed by atoms with Gasteiger partial charge >= 0.3 is 0 Å². The SMILES string of the molecule is Cc1ccc(OCCCC(=O)N2CCc3cc(S(=O)(=O)N4CCCCC4)ccc32)cc1. The summed E-state index contributed by atoms with van der Waals surface area (Å²) in [5.41, 5.74) is 2.95. The molecule has 2 aliphatic heterocycles. The quantitative estimate of drug-likeness (QED) is 0.610. The first kappa shape index (κ1) is 21.8. The molecule has 2 aromatic carbocycles. The summed E-state index contributed by atoms with van der Waals surface area (Å²) in [7, 11) is -3.45. The Morgan fingerprint density at radius 2 is 1.74 bits per heavy atom. The van der Waals surface area contributed by atoms with Crippen molar-refractivity contribution in [2.45, 2.75) is 50.3 Å². The lowest BCUT2D eigenvalue weighted by Gasteiger charge is -2.26. The summed E-state index contributed by atoms with van der Waals surface area (Å²) in [6, 6.07) is 13.1. The van der Waals surface area contributed by atoms with Crippen LogP contribution >= 0.6 is 0 Å². The van der Waals surface area contributed by atoms with E-state index < -0.39 is 10.0 Å². The first-order chi connectivity index (χ1) is 14.9. The summed E-state index contributed by atoms with van der Waals surface area (Å²) < 4.78 is 33.2. The van der Waals surface area contributed by atoms with Crippen LogP contribution in [0, 0.1) is 6.92 Å². The topological polar surface area (TPSA) is 66.9 Å². The van der Waals surface area contributed by atoms with Crippen molar-refractivity contribution in [1.29, 1.82) is 0 Å². The second-order valence-electron chi connectivity index (χ2n) is 8.32. The van der Waals surface area contributed by atoms with E-state index in [4.69, 9.17) is 4.74 Å². The predicted molar refractivity (Wildman–Crippen MR) is 121 cm³/mol. The van der Waals surface area contributed by atoms with Crippen LogP contribution in [0.1, 0.15) is 43.2 Å². The Kier molecular flexibility index (Phi) is 6.62. The molecule has 0 radical (unpaired) electrons. The molecule has 0 unspecified atom stereocenters. The number of nitrogens with zero attached hydrogens (tertiary/aromatic N) is 2. The molecule has 2 aliphatic rings. The molecule has 0 aromatic heterocycles. The molecule has 166 valence electrons. The number of carbonyl (C=O) groups excluding carboxylic acids is 1. The lowest BCUT2D eigenvalue weighted by atomic mass is 10.2. The zero-order chi connectivity index (χ0) is 21.8. The predicted octanol–water partition coefficient (Wildman–Crippen LogP) is 3.92. The third-order valence-electron chi connectivity index (χ3n) is 6.03. The number of ether oxygens (including phenoxy) is 1. The summed E-state index contributed by atoms with van der Waals surface area (Å²) in [6.07, 6.45) is 4.65. The van der Waals surface area contributed by atoms with E-state index in [-0.39, 0.29) is 5.91 Å². The van der Waals surface area contributed by atoms with Crippen molar-refractivity contribution in [3.63, 3.8) is 0 Å². The van der Waals surface area contributed by atoms with E-state index >= 15 is 0 Å². The molecule has 0 aliphatic carbocycles. The number of aryl methyl sites for hydroxylation is 1. The zero-order valence-corrected chi connectivity index (χ0v) is 18.9. The number of carbonyl (C=O) groups is 1. The van der Waals surface area contributed by atoms with Crippen LogP contribution in [-0.2, 0) is 21.2 Å². The van der Waals surface area contributed by atoms with E-state index in [1.165, 1.54) is 5.56 Å². The fraction of sp³-hybridized carbons (Fsp3) is 0.458. The Morgan fingerprint density at radius 3 is 2.48 bits per heavy atom. The monoisotopic (exact) mass is 442 g/mol. The number of fused-ring (bicyclic) bond motifs is 1. The normalized spacial score (nSPS) is 16.9. The minimum atomic E-state index is -3.45. The first-order valence-electron chi connectivity index (χ1n) is 11.1. The van der Waals surface area contributed by atoms with Crippen molar-refractivity contribution in [1.82, 2.24) is 4.31 Å². The van der Waals surface area contributed by atoms with Crippen molar-refractivity contribution in [2.75, 3.05) is 31.1 Å². The number of rotatable bonds is 7. The number of hydrogen-bond acceptors (Lipinski definition) is 4. The lowest BCUT2D eigenvalue weighted by Crippen LogP contribution is -2.35. The van der Waals surface area contributed by atoms with Crippen LogP contribution in [0.2, 0.25) is 0 Å². The molecule has 2 aromatic rings. The van der Waals surface area contributed by atoms with Crippen molar-refractivity contribution >= 4 is 21.6 Å². The van der Waals surface area contributed by atoms with Gasteiger partial charge in [-0.3, -0.25) is 4.79 Å². The van der Waals surface area contributed by atoms with Gasteiger partial charge in [-0.2, -0.15) is 4.31 Å². The number of benzene rings is 2. The Balaban J connectivity index is 1.34. The highest BCUT2D eigenvalue weighted by Gasteiger charge is 2.29. The number of piperidine rings is 1. The molecule has 6 nitrogen and oxygen atoms in total. The van der Waals surface area contributed by atoms with Gasteiger partial charge in [-0.1, -0.05) is 24.1 Å². The second kappa shape index (κ2) is 9.40. The maximum absolute atomic E-state index is 12.9. The lowest BCUT2D eigenvalue weighted by molar-refractivity contribution is -0.118. The Morgan fingerprint density at radius 1 is 1.00 bits per heavy atom. The van der Waals surface area contributed by atoms with Crippen molar-refractivity contribution in [2.24, 2.45) is 0 Å². The Bertz CT molecular complexity index is 1030. The minimum absolute atomic E-state index is 0.0536. The molecule has 0 saturated carbocycles. The van der Waals surface area contributed by atoms with Gasteiger partial charge in [0.2, 0.25) is 15.9 Å². The van der Waals surface area contributed by atoms with Crippen LogP contribution in [0.25, 0.3) is 0 Å². The van der Waals surface area contributed by atoms with E-state index in [1.807, 2.05) is 31.2 Å². The molecular formula is C24H30N2O4S. The fourth-order valence-corrected chi connectivity index (χ4v) is 5.80. The van der Waals surface area contributed by atoms with Gasteiger partial charge in [0.15, 0.2) is 0 Å². The van der Waals surface area contributed by atoms with Crippen molar-refractivity contribution in [3.8, 4) is 5.75 Å². The van der Waals surface area contributed by atoms with Gasteiger partial charge < -0.3 is 9.64 Å². The highest BCUT2D eigenvalue weighted by molar-refractivity contribution is 7.89. The number of anilines is 1. The third-order valence-corrected chi connectivity index (χ3v) is 7.92. The molecule has 4 rings (SSSR count). The number of amides is 1. The molecule has 0 bridgehead atoms. The Hall–Kier alpha value is -2.38. The van der Waals surface area contributed by atoms with Gasteiger partial charge in [0.05, 0.1) is 11.5 Å². The molecule has 1 amide bonds. The van der Waals surface area contributed by atoms with Gasteiger partial charge in [0, 0.05) is 31.7 Å². The molecule has 1 saturated heterocycles. The van der Waals surface area contributed by atoms with Crippen molar-refractivity contribution < 1.29 is 17.9 Å². The third kappa shape index (κ3) is 4.93. The Labute approximate surface area is 184 Å². The maximum atomic E-state index is 12.9. The van der Waals surface area contributed by atoms with E-state index in [0.29, 0.717) is 50.4 Å². The smallest absolute Gasteiger partial charge is 0.243 e. The van der Waals surface area contributed by atoms with Crippen LogP contribution < -0.4 is 9.64 Å². The van der Waals surface area contributed by atoms with E-state index in [1.54, 1.807) is 27.4 Å². The molecule has 1 fully saturated rings. The molecule has 0 spiro atoms. The van der Waals surface area contributed by atoms with Crippen LogP contribution in [0.15, 0.2) is 47.4 Å². The summed E-state index contributed by atoms with van der Waals surface area (Å²) in [4.78, 5) is 14.9. The largest absolute Gasteiger partial charge is 0.494 e. The second-order valence-corrected chi connectivity index (χ2v) is 10.3. The average molecular weight is 443 g/mol. The van der Waals surface area contributed by atoms with Gasteiger partial charge in [-0.15, -0.1) is 0 Å². The number of sulfonamides is 1. The molecule has 31 heavy (non-hydrogen) atoms. The maximum Gasteiger partial charge on any atom is 0.243 e. The van der Waals surface area contributed by atoms with Crippen LogP contribution in [0.4, 0.5) is 5.69 Å². The van der Waals surface area contributed by atoms with Gasteiger partial charge in [-0.05, 0) is 68.5 Å². The highest BCUT2D eigenvalue weighted by Crippen LogP contribution is 2.32. The van der Waals surface area contributed by atoms with Crippen LogP contribution in [0.3, 0.4) is 0 Å². The zero-order valence-electron chi connectivity index (χ0n) is 18.0. The summed E-state index contributed by atoms with van der Waals surface area (Å²) >= 11 is 0. The highest BCUT2D eigenvalue weighted by atomic mass is 32.2. The summed E-state index contributed by atoms with van der Waals surface area (Å²) in [5, 5.41) is 0. The summed E-state index contributed by atoms with van der Waals surface area (Å²) in [6.45, 7) is 4.30.